The van der Waals surface area contributed by atoms with Crippen molar-refractivity contribution in [1.29, 1.82) is 0 Å². The first-order chi connectivity index (χ1) is 9.63. The average Bonchev–Trinajstić information content (AvgIpc) is 3.06. The van der Waals surface area contributed by atoms with Crippen molar-refractivity contribution in [3.8, 4) is 0 Å². The molecule has 0 saturated carbocycles. The van der Waals surface area contributed by atoms with Crippen molar-refractivity contribution < 1.29 is 14.7 Å². The van der Waals surface area contributed by atoms with Gasteiger partial charge in [0, 0.05) is 38.1 Å². The van der Waals surface area contributed by atoms with E-state index in [9.17, 15) is 9.59 Å². The van der Waals surface area contributed by atoms with E-state index in [2.05, 4.69) is 10.2 Å². The van der Waals surface area contributed by atoms with Crippen LogP contribution < -0.4 is 5.32 Å². The van der Waals surface area contributed by atoms with Gasteiger partial charge in [-0.05, 0) is 38.1 Å². The van der Waals surface area contributed by atoms with Crippen LogP contribution in [0.5, 0.6) is 0 Å². The summed E-state index contributed by atoms with van der Waals surface area (Å²) < 4.78 is 0. The number of rotatable bonds is 3. The summed E-state index contributed by atoms with van der Waals surface area (Å²) in [6.07, 6.45) is 4.44. The van der Waals surface area contributed by atoms with Gasteiger partial charge in [-0.15, -0.1) is 0 Å². The van der Waals surface area contributed by atoms with Crippen LogP contribution in [0.25, 0.3) is 0 Å². The monoisotopic (exact) mass is 281 g/mol. The fourth-order valence-electron chi connectivity index (χ4n) is 3.93. The molecule has 0 spiro atoms. The van der Waals surface area contributed by atoms with E-state index in [1.54, 1.807) is 4.90 Å². The molecule has 0 aromatic heterocycles. The van der Waals surface area contributed by atoms with Gasteiger partial charge in [-0.3, -0.25) is 9.69 Å². The van der Waals surface area contributed by atoms with Crippen LogP contribution >= 0.6 is 0 Å². The van der Waals surface area contributed by atoms with Crippen LogP contribution in [0.2, 0.25) is 0 Å². The Balaban J connectivity index is 1.49. The number of fused-ring (bicyclic) bond motifs is 1. The maximum atomic E-state index is 12.3. The highest BCUT2D eigenvalue weighted by molar-refractivity contribution is 5.75. The van der Waals surface area contributed by atoms with E-state index in [0.29, 0.717) is 19.1 Å². The molecular weight excluding hydrogens is 258 g/mol. The number of nitrogens with one attached hydrogen (secondary N) is 1. The molecule has 3 atom stereocenters. The zero-order valence-corrected chi connectivity index (χ0v) is 11.8. The molecule has 0 aromatic carbocycles. The molecule has 3 unspecified atom stereocenters. The van der Waals surface area contributed by atoms with Gasteiger partial charge in [-0.25, -0.2) is 4.79 Å². The van der Waals surface area contributed by atoms with E-state index in [0.717, 1.165) is 19.4 Å². The largest absolute Gasteiger partial charge is 0.481 e. The number of carbonyl (C=O) groups excluding carboxylic acids is 1. The Kier molecular flexibility index (Phi) is 3.83. The topological polar surface area (TPSA) is 72.9 Å². The maximum Gasteiger partial charge on any atom is 0.317 e. The first-order valence-corrected chi connectivity index (χ1v) is 7.65. The Morgan fingerprint density at radius 3 is 2.80 bits per heavy atom. The Bertz CT molecular complexity index is 401. The van der Waals surface area contributed by atoms with Crippen molar-refractivity contribution in [2.75, 3.05) is 26.2 Å². The lowest BCUT2D eigenvalue weighted by molar-refractivity contribution is -0.138. The van der Waals surface area contributed by atoms with Gasteiger partial charge in [-0.2, -0.15) is 0 Å². The Morgan fingerprint density at radius 2 is 2.00 bits per heavy atom. The number of carboxylic acids is 1. The first-order valence-electron chi connectivity index (χ1n) is 7.65. The van der Waals surface area contributed by atoms with E-state index in [-0.39, 0.29) is 24.4 Å². The number of aliphatic carboxylic acids is 1. The number of urea groups is 1. The highest BCUT2D eigenvalue weighted by Gasteiger charge is 2.39. The van der Waals surface area contributed by atoms with Crippen molar-refractivity contribution in [2.45, 2.75) is 44.2 Å². The van der Waals surface area contributed by atoms with Gasteiger partial charge in [0.15, 0.2) is 0 Å². The molecule has 3 fully saturated rings. The summed E-state index contributed by atoms with van der Waals surface area (Å²) in [4.78, 5) is 27.2. The summed E-state index contributed by atoms with van der Waals surface area (Å²) in [7, 11) is 0. The molecule has 3 aliphatic heterocycles. The lowest BCUT2D eigenvalue weighted by Crippen LogP contribution is -2.48. The van der Waals surface area contributed by atoms with E-state index in [1.165, 1.54) is 19.4 Å². The Hall–Kier alpha value is -1.30. The molecule has 6 nitrogen and oxygen atoms in total. The third-order valence-electron chi connectivity index (χ3n) is 4.95. The third-order valence-corrected chi connectivity index (χ3v) is 4.95. The maximum absolute atomic E-state index is 12.3. The molecule has 2 N–H and O–H groups in total. The van der Waals surface area contributed by atoms with E-state index < -0.39 is 5.97 Å². The van der Waals surface area contributed by atoms with Gasteiger partial charge in [-0.1, -0.05) is 0 Å². The quantitative estimate of drug-likeness (QED) is 0.800. The summed E-state index contributed by atoms with van der Waals surface area (Å²) >= 11 is 0. The van der Waals surface area contributed by atoms with Gasteiger partial charge in [0.05, 0.1) is 0 Å². The number of likely N-dealkylation sites (tertiary alicyclic amines) is 1. The minimum absolute atomic E-state index is 0.00311. The first kappa shape index (κ1) is 13.7. The fraction of sp³-hybridized carbons (Fsp3) is 0.857. The minimum Gasteiger partial charge on any atom is -0.481 e. The fourth-order valence-corrected chi connectivity index (χ4v) is 3.93. The number of nitrogens with zero attached hydrogens (tertiary/aromatic N) is 2. The molecule has 0 radical (unpaired) electrons. The molecule has 3 aliphatic rings. The number of carbonyl (C=O) groups is 2. The molecule has 112 valence electrons. The summed E-state index contributed by atoms with van der Waals surface area (Å²) in [6, 6.07) is 0.802. The van der Waals surface area contributed by atoms with Crippen LogP contribution in [0.4, 0.5) is 4.79 Å². The van der Waals surface area contributed by atoms with Gasteiger partial charge >= 0.3 is 12.0 Å². The number of hydrogen-bond acceptors (Lipinski definition) is 3. The molecule has 0 aliphatic carbocycles. The number of hydrogen-bond donors (Lipinski definition) is 2. The zero-order valence-electron chi connectivity index (χ0n) is 11.8. The van der Waals surface area contributed by atoms with Gasteiger partial charge in [0.1, 0.15) is 0 Å². The van der Waals surface area contributed by atoms with Gasteiger partial charge < -0.3 is 15.3 Å². The minimum atomic E-state index is -0.769. The number of carboxylic acid groups (broad SMARTS) is 1. The standard InChI is InChI=1S/C14H23N3O3/c18-13(19)8-10-3-6-17(9-10)14(20)15-11-4-7-16-5-1-2-12(11)16/h10-12H,1-9H2,(H,15,20)(H,18,19). The lowest BCUT2D eigenvalue weighted by atomic mass is 10.1. The Labute approximate surface area is 119 Å². The van der Waals surface area contributed by atoms with Crippen molar-refractivity contribution in [3.05, 3.63) is 0 Å². The van der Waals surface area contributed by atoms with Crippen LogP contribution in [0.15, 0.2) is 0 Å². The molecule has 20 heavy (non-hydrogen) atoms. The third kappa shape index (κ3) is 2.75. The molecule has 3 saturated heterocycles. The molecule has 0 aromatic rings. The van der Waals surface area contributed by atoms with Crippen molar-refractivity contribution >= 4 is 12.0 Å². The van der Waals surface area contributed by atoms with Gasteiger partial charge in [0.25, 0.3) is 0 Å². The predicted molar refractivity (Wildman–Crippen MR) is 73.5 cm³/mol. The van der Waals surface area contributed by atoms with Crippen LogP contribution in [0.1, 0.15) is 32.1 Å². The normalized spacial score (nSPS) is 33.4. The second kappa shape index (κ2) is 5.60. The summed E-state index contributed by atoms with van der Waals surface area (Å²) in [5.74, 6) is -0.653. The molecule has 3 rings (SSSR count). The van der Waals surface area contributed by atoms with Crippen LogP contribution in [-0.4, -0.2) is 65.2 Å². The van der Waals surface area contributed by atoms with Crippen molar-refractivity contribution in [1.82, 2.24) is 15.1 Å². The highest BCUT2D eigenvalue weighted by atomic mass is 16.4. The molecule has 2 amide bonds. The van der Waals surface area contributed by atoms with E-state index >= 15 is 0 Å². The van der Waals surface area contributed by atoms with Crippen LogP contribution in [0, 0.1) is 5.92 Å². The summed E-state index contributed by atoms with van der Waals surface area (Å²) in [5, 5.41) is 12.0. The van der Waals surface area contributed by atoms with Gasteiger partial charge in [0.2, 0.25) is 0 Å². The van der Waals surface area contributed by atoms with Crippen molar-refractivity contribution in [2.24, 2.45) is 5.92 Å². The van der Waals surface area contributed by atoms with E-state index in [4.69, 9.17) is 5.11 Å². The highest BCUT2D eigenvalue weighted by Crippen LogP contribution is 2.28. The SMILES string of the molecule is O=C(O)CC1CCN(C(=O)NC2CCN3CCCC23)C1. The smallest absolute Gasteiger partial charge is 0.317 e. The Morgan fingerprint density at radius 1 is 1.15 bits per heavy atom. The second-order valence-corrected chi connectivity index (χ2v) is 6.29. The summed E-state index contributed by atoms with van der Waals surface area (Å²) in [5.41, 5.74) is 0. The summed E-state index contributed by atoms with van der Waals surface area (Å²) in [6.45, 7) is 3.53. The zero-order chi connectivity index (χ0) is 14.1. The van der Waals surface area contributed by atoms with Crippen LogP contribution in [-0.2, 0) is 4.79 Å². The molecule has 0 bridgehead atoms. The second-order valence-electron chi connectivity index (χ2n) is 6.29. The molecule has 6 heteroatoms. The molecular formula is C14H23N3O3. The van der Waals surface area contributed by atoms with E-state index in [1.807, 2.05) is 0 Å². The lowest BCUT2D eigenvalue weighted by Gasteiger charge is -2.24. The number of amides is 2. The average molecular weight is 281 g/mol. The molecule has 3 heterocycles. The van der Waals surface area contributed by atoms with Crippen molar-refractivity contribution in [3.63, 3.8) is 0 Å². The predicted octanol–water partition coefficient (Wildman–Crippen LogP) is 0.729. The van der Waals surface area contributed by atoms with Crippen LogP contribution in [0.3, 0.4) is 0 Å².